The summed E-state index contributed by atoms with van der Waals surface area (Å²) < 4.78 is 55.4. The van der Waals surface area contributed by atoms with Crippen molar-refractivity contribution >= 4 is 39.0 Å². The average Bonchev–Trinajstić information content (AvgIpc) is 3.43. The molecule has 2 aliphatic rings. The van der Waals surface area contributed by atoms with Crippen molar-refractivity contribution in [1.29, 1.82) is 0 Å². The number of thiazole rings is 1. The largest absolute Gasteiger partial charge is 0.433 e. The maximum atomic E-state index is 13.4. The molecule has 0 saturated heterocycles. The Bertz CT molecular complexity index is 1200. The number of nitrogens with two attached hydrogens (primary N) is 1. The molecule has 1 saturated carbocycles. The molecule has 1 fully saturated rings. The Morgan fingerprint density at radius 1 is 1.33 bits per heavy atom. The van der Waals surface area contributed by atoms with E-state index in [9.17, 15) is 22.0 Å². The minimum atomic E-state index is -3.79. The lowest BCUT2D eigenvalue weighted by molar-refractivity contribution is -0.0500. The fourth-order valence-corrected chi connectivity index (χ4v) is 7.68. The molecule has 4 rings (SSSR count). The third kappa shape index (κ3) is 3.70. The van der Waals surface area contributed by atoms with Crippen molar-refractivity contribution in [1.82, 2.24) is 14.3 Å². The van der Waals surface area contributed by atoms with Crippen LogP contribution in [0.25, 0.3) is 0 Å². The first-order chi connectivity index (χ1) is 15.5. The number of hydrogen-bond donors (Lipinski definition) is 2. The van der Waals surface area contributed by atoms with E-state index < -0.39 is 32.8 Å². The van der Waals surface area contributed by atoms with E-state index in [4.69, 9.17) is 5.73 Å². The number of carbonyl (C=O) groups is 1. The number of anilines is 1. The summed E-state index contributed by atoms with van der Waals surface area (Å²) in [5.74, 6) is -0.721. The molecular formula is C19H22F2N6O4S2. The molecular weight excluding hydrogens is 478 g/mol. The van der Waals surface area contributed by atoms with Crippen molar-refractivity contribution < 1.29 is 26.7 Å². The topological polar surface area (TPSA) is 140 Å². The zero-order valence-corrected chi connectivity index (χ0v) is 19.4. The van der Waals surface area contributed by atoms with Crippen molar-refractivity contribution in [2.45, 2.75) is 49.5 Å². The molecule has 2 aromatic heterocycles. The van der Waals surface area contributed by atoms with Gasteiger partial charge in [-0.15, -0.1) is 11.3 Å². The number of ether oxygens (including phenoxy) is 1. The molecule has 3 heterocycles. The predicted octanol–water partition coefficient (Wildman–Crippen LogP) is 2.51. The molecule has 1 aliphatic heterocycles. The molecule has 0 unspecified atom stereocenters. The lowest BCUT2D eigenvalue weighted by atomic mass is 9.84. The van der Waals surface area contributed by atoms with E-state index >= 15 is 0 Å². The summed E-state index contributed by atoms with van der Waals surface area (Å²) in [6.07, 6.45) is 3.34. The number of amides is 1. The van der Waals surface area contributed by atoms with Crippen molar-refractivity contribution in [3.8, 4) is 5.75 Å². The Labute approximate surface area is 192 Å². The Hall–Kier alpha value is -2.87. The number of aliphatic imine (C=N–C) groups is 1. The summed E-state index contributed by atoms with van der Waals surface area (Å²) in [7, 11) is -2.40. The average molecular weight is 501 g/mol. The van der Waals surface area contributed by atoms with Crippen LogP contribution in [0.1, 0.15) is 48.1 Å². The smallest absolute Gasteiger partial charge is 0.387 e. The van der Waals surface area contributed by atoms with Crippen LogP contribution in [0.15, 0.2) is 28.7 Å². The molecule has 3 N–H and O–H groups in total. The van der Waals surface area contributed by atoms with Crippen LogP contribution in [0.5, 0.6) is 5.75 Å². The number of hydrogen-bond acceptors (Lipinski definition) is 9. The van der Waals surface area contributed by atoms with Crippen LogP contribution in [0.4, 0.5) is 14.6 Å². The first-order valence-electron chi connectivity index (χ1n) is 10.0. The van der Waals surface area contributed by atoms with Gasteiger partial charge in [-0.05, 0) is 31.9 Å². The fraction of sp³-hybridized carbons (Fsp3) is 0.474. The van der Waals surface area contributed by atoms with Crippen LogP contribution in [0, 0.1) is 0 Å². The first kappa shape index (κ1) is 23.3. The van der Waals surface area contributed by atoms with Crippen LogP contribution in [0.3, 0.4) is 0 Å². The number of guanidine groups is 1. The van der Waals surface area contributed by atoms with Crippen LogP contribution >= 0.6 is 11.3 Å². The zero-order chi connectivity index (χ0) is 24.0. The second kappa shape index (κ2) is 8.17. The van der Waals surface area contributed by atoms with Gasteiger partial charge in [0, 0.05) is 12.4 Å². The Kier molecular flexibility index (Phi) is 5.76. The number of pyridine rings is 1. The maximum Gasteiger partial charge on any atom is 0.387 e. The van der Waals surface area contributed by atoms with E-state index in [-0.39, 0.29) is 23.2 Å². The van der Waals surface area contributed by atoms with Gasteiger partial charge >= 0.3 is 6.61 Å². The summed E-state index contributed by atoms with van der Waals surface area (Å²) in [5, 5.41) is 4.57. The van der Waals surface area contributed by atoms with Gasteiger partial charge in [-0.1, -0.05) is 12.8 Å². The minimum absolute atomic E-state index is 0.0335. The van der Waals surface area contributed by atoms with Crippen molar-refractivity contribution in [3.05, 3.63) is 34.4 Å². The monoisotopic (exact) mass is 500 g/mol. The molecule has 1 atom stereocenters. The number of nitrogens with one attached hydrogen (secondary N) is 1. The SMILES string of the molecule is CN1C(N)=N[C@](C)(c2nc(NC(=O)c3ccc(OC(F)F)cn3)cs2)C2(CCCC2)S1(=O)=O. The summed E-state index contributed by atoms with van der Waals surface area (Å²) >= 11 is 1.17. The van der Waals surface area contributed by atoms with Gasteiger partial charge in [0.05, 0.1) is 6.20 Å². The maximum absolute atomic E-state index is 13.4. The molecule has 1 amide bonds. The second-order valence-electron chi connectivity index (χ2n) is 7.97. The van der Waals surface area contributed by atoms with Gasteiger partial charge in [0.2, 0.25) is 16.0 Å². The van der Waals surface area contributed by atoms with Gasteiger partial charge < -0.3 is 15.8 Å². The lowest BCUT2D eigenvalue weighted by Crippen LogP contribution is -2.63. The summed E-state index contributed by atoms with van der Waals surface area (Å²) in [5.41, 5.74) is 4.71. The number of alkyl halides is 2. The number of sulfonamides is 1. The molecule has 1 aliphatic carbocycles. The van der Waals surface area contributed by atoms with Gasteiger partial charge in [-0.3, -0.25) is 4.79 Å². The van der Waals surface area contributed by atoms with Gasteiger partial charge in [-0.2, -0.15) is 8.78 Å². The molecule has 0 bridgehead atoms. The second-order valence-corrected chi connectivity index (χ2v) is 11.1. The summed E-state index contributed by atoms with van der Waals surface area (Å²) in [6, 6.07) is 2.44. The lowest BCUT2D eigenvalue weighted by Gasteiger charge is -2.47. The van der Waals surface area contributed by atoms with Crippen LogP contribution in [-0.4, -0.2) is 53.0 Å². The van der Waals surface area contributed by atoms with Gasteiger partial charge in [0.25, 0.3) is 5.91 Å². The zero-order valence-electron chi connectivity index (χ0n) is 17.8. The molecule has 33 heavy (non-hydrogen) atoms. The van der Waals surface area contributed by atoms with Gasteiger partial charge in [0.1, 0.15) is 32.6 Å². The van der Waals surface area contributed by atoms with Crippen LogP contribution in [-0.2, 0) is 15.6 Å². The highest BCUT2D eigenvalue weighted by molar-refractivity contribution is 7.91. The Balaban J connectivity index is 1.61. The number of halogens is 2. The standard InChI is InChI=1S/C19H22F2N6O4S2/c1-18(19(7-3-4-8-19)33(29,30)27(2)17(22)26-18)15-25-13(10-32-15)24-14(28)12-6-5-11(9-23-12)31-16(20)21/h5-6,9-10,16H,3-4,7-8H2,1-2H3,(H2,22,26)(H,24,28)/t18-/m1/s1. The normalized spacial score (nSPS) is 23.5. The number of aromatic nitrogens is 2. The van der Waals surface area contributed by atoms with Gasteiger partial charge in [-0.25, -0.2) is 27.7 Å². The van der Waals surface area contributed by atoms with Crippen molar-refractivity contribution in [2.75, 3.05) is 12.4 Å². The van der Waals surface area contributed by atoms with E-state index in [1.54, 1.807) is 12.3 Å². The van der Waals surface area contributed by atoms with Gasteiger partial charge in [0.15, 0.2) is 0 Å². The van der Waals surface area contributed by atoms with E-state index in [2.05, 4.69) is 25.0 Å². The predicted molar refractivity (Wildman–Crippen MR) is 118 cm³/mol. The van der Waals surface area contributed by atoms with E-state index in [1.807, 2.05) is 0 Å². The fourth-order valence-electron chi connectivity index (χ4n) is 4.39. The molecule has 14 heteroatoms. The van der Waals surface area contributed by atoms with E-state index in [1.165, 1.54) is 30.5 Å². The minimum Gasteiger partial charge on any atom is -0.433 e. The Morgan fingerprint density at radius 2 is 2.03 bits per heavy atom. The highest BCUT2D eigenvalue weighted by atomic mass is 32.2. The van der Waals surface area contributed by atoms with E-state index in [0.29, 0.717) is 17.8 Å². The molecule has 0 radical (unpaired) electrons. The Morgan fingerprint density at radius 3 is 2.64 bits per heavy atom. The first-order valence-corrected chi connectivity index (χ1v) is 12.3. The van der Waals surface area contributed by atoms with Crippen LogP contribution < -0.4 is 15.8 Å². The molecule has 0 aromatic carbocycles. The molecule has 2 aromatic rings. The van der Waals surface area contributed by atoms with E-state index in [0.717, 1.165) is 23.3 Å². The van der Waals surface area contributed by atoms with Crippen molar-refractivity contribution in [3.63, 3.8) is 0 Å². The highest BCUT2D eigenvalue weighted by Crippen LogP contribution is 2.55. The number of nitrogens with zero attached hydrogens (tertiary/aromatic N) is 4. The summed E-state index contributed by atoms with van der Waals surface area (Å²) in [6.45, 7) is -1.28. The van der Waals surface area contributed by atoms with Crippen LogP contribution in [0.2, 0.25) is 0 Å². The third-order valence-corrected chi connectivity index (χ3v) is 9.92. The molecule has 10 nitrogen and oxygen atoms in total. The number of rotatable bonds is 5. The summed E-state index contributed by atoms with van der Waals surface area (Å²) in [4.78, 5) is 25.4. The number of carbonyl (C=O) groups excluding carboxylic acids is 1. The molecule has 1 spiro atoms. The molecule has 178 valence electrons. The third-order valence-electron chi connectivity index (χ3n) is 6.17. The quantitative estimate of drug-likeness (QED) is 0.643. The highest BCUT2D eigenvalue weighted by Gasteiger charge is 2.64. The van der Waals surface area contributed by atoms with Crippen molar-refractivity contribution in [2.24, 2.45) is 10.7 Å².